The number of likely N-dealkylation sites (tertiary alicyclic amines) is 1. The molecular formula is C13H22N2O3. The van der Waals surface area contributed by atoms with Gasteiger partial charge in [0.1, 0.15) is 5.41 Å². The van der Waals surface area contributed by atoms with Crippen LogP contribution < -0.4 is 5.32 Å². The van der Waals surface area contributed by atoms with Gasteiger partial charge >= 0.3 is 0 Å². The number of hydrogen-bond donors (Lipinski definition) is 2. The molecule has 2 N–H and O–H groups in total. The fraction of sp³-hybridized carbons (Fsp3) is 0.846. The van der Waals surface area contributed by atoms with E-state index in [0.29, 0.717) is 19.3 Å². The first-order valence-electron chi connectivity index (χ1n) is 6.72. The summed E-state index contributed by atoms with van der Waals surface area (Å²) in [6, 6.07) is 0.0969. The number of hydrogen-bond acceptors (Lipinski definition) is 3. The number of nitrogens with one attached hydrogen (secondary N) is 1. The highest BCUT2D eigenvalue weighted by Crippen LogP contribution is 2.48. The number of carbonyl (C=O) groups is 2. The van der Waals surface area contributed by atoms with E-state index in [-0.39, 0.29) is 17.9 Å². The van der Waals surface area contributed by atoms with Crippen LogP contribution in [0.4, 0.5) is 0 Å². The molecule has 2 amide bonds. The highest BCUT2D eigenvalue weighted by Gasteiger charge is 2.58. The summed E-state index contributed by atoms with van der Waals surface area (Å²) >= 11 is 0. The number of amides is 2. The summed E-state index contributed by atoms with van der Waals surface area (Å²) in [6.07, 6.45) is 3.41. The van der Waals surface area contributed by atoms with Crippen LogP contribution in [0.3, 0.4) is 0 Å². The average molecular weight is 254 g/mol. The molecule has 0 bridgehead atoms. The topological polar surface area (TPSA) is 69.6 Å². The second-order valence-electron chi connectivity index (χ2n) is 5.54. The molecule has 1 heterocycles. The zero-order chi connectivity index (χ0) is 13.3. The minimum atomic E-state index is -0.796. The van der Waals surface area contributed by atoms with Crippen LogP contribution >= 0.6 is 0 Å². The van der Waals surface area contributed by atoms with E-state index in [9.17, 15) is 14.7 Å². The van der Waals surface area contributed by atoms with Crippen molar-refractivity contribution < 1.29 is 14.7 Å². The van der Waals surface area contributed by atoms with Gasteiger partial charge in [-0.15, -0.1) is 0 Å². The molecule has 0 radical (unpaired) electrons. The average Bonchev–Trinajstić information content (AvgIpc) is 3.02. The maximum Gasteiger partial charge on any atom is 0.238 e. The Hall–Kier alpha value is -1.10. The van der Waals surface area contributed by atoms with Gasteiger partial charge in [0.25, 0.3) is 0 Å². The predicted molar refractivity (Wildman–Crippen MR) is 66.8 cm³/mol. The van der Waals surface area contributed by atoms with Crippen LogP contribution in [0.25, 0.3) is 0 Å². The maximum absolute atomic E-state index is 12.5. The largest absolute Gasteiger partial charge is 0.393 e. The lowest BCUT2D eigenvalue weighted by Gasteiger charge is -2.29. The molecule has 2 fully saturated rings. The molecule has 2 atom stereocenters. The second-order valence-corrected chi connectivity index (χ2v) is 5.54. The molecule has 18 heavy (non-hydrogen) atoms. The van der Waals surface area contributed by atoms with Gasteiger partial charge < -0.3 is 15.3 Å². The van der Waals surface area contributed by atoms with Crippen molar-refractivity contribution in [1.29, 1.82) is 0 Å². The normalized spacial score (nSPS) is 26.8. The summed E-state index contributed by atoms with van der Waals surface area (Å²) in [4.78, 5) is 26.1. The van der Waals surface area contributed by atoms with Gasteiger partial charge in [-0.25, -0.2) is 0 Å². The Balaban J connectivity index is 2.06. The summed E-state index contributed by atoms with van der Waals surface area (Å²) in [5, 5.41) is 12.1. The van der Waals surface area contributed by atoms with E-state index in [2.05, 4.69) is 5.32 Å². The van der Waals surface area contributed by atoms with Crippen LogP contribution in [0, 0.1) is 5.41 Å². The molecule has 2 unspecified atom stereocenters. The first-order valence-corrected chi connectivity index (χ1v) is 6.72. The minimum absolute atomic E-state index is 0.0370. The smallest absolute Gasteiger partial charge is 0.238 e. The summed E-state index contributed by atoms with van der Waals surface area (Å²) in [6.45, 7) is 2.46. The van der Waals surface area contributed by atoms with Gasteiger partial charge in [-0.2, -0.15) is 0 Å². The lowest BCUT2D eigenvalue weighted by Crippen LogP contribution is -2.46. The highest BCUT2D eigenvalue weighted by molar-refractivity contribution is 6.07. The van der Waals surface area contributed by atoms with Crippen molar-refractivity contribution in [2.45, 2.75) is 51.2 Å². The van der Waals surface area contributed by atoms with Gasteiger partial charge in [0.05, 0.1) is 6.10 Å². The van der Waals surface area contributed by atoms with Crippen molar-refractivity contribution in [3.63, 3.8) is 0 Å². The monoisotopic (exact) mass is 254 g/mol. The van der Waals surface area contributed by atoms with E-state index in [1.165, 1.54) is 0 Å². The quantitative estimate of drug-likeness (QED) is 0.708. The standard InChI is InChI=1S/C13H22N2O3/c1-9(16)8-10-4-3-7-15(10)12(18)13(5-6-13)11(17)14-2/h9-10,16H,3-8H2,1-2H3,(H,14,17). The molecule has 1 saturated heterocycles. The van der Waals surface area contributed by atoms with Gasteiger partial charge in [-0.05, 0) is 39.0 Å². The van der Waals surface area contributed by atoms with Gasteiger partial charge in [0.2, 0.25) is 11.8 Å². The third-order valence-corrected chi connectivity index (χ3v) is 4.07. The maximum atomic E-state index is 12.5. The Bertz CT molecular complexity index is 350. The van der Waals surface area contributed by atoms with Crippen LogP contribution in [0.5, 0.6) is 0 Å². The predicted octanol–water partition coefficient (Wildman–Crippen LogP) is 0.274. The first kappa shape index (κ1) is 13.3. The molecule has 0 aromatic rings. The second kappa shape index (κ2) is 4.88. The lowest BCUT2D eigenvalue weighted by atomic mass is 10.0. The molecule has 5 nitrogen and oxygen atoms in total. The number of rotatable bonds is 4. The number of aliphatic hydroxyl groups is 1. The molecule has 1 aliphatic carbocycles. The molecular weight excluding hydrogens is 232 g/mol. The lowest BCUT2D eigenvalue weighted by molar-refractivity contribution is -0.144. The number of carbonyl (C=O) groups excluding carboxylic acids is 2. The molecule has 0 spiro atoms. The van der Waals surface area contributed by atoms with Crippen molar-refractivity contribution in [2.75, 3.05) is 13.6 Å². The van der Waals surface area contributed by atoms with E-state index in [1.807, 2.05) is 4.90 Å². The van der Waals surface area contributed by atoms with E-state index in [1.54, 1.807) is 14.0 Å². The summed E-state index contributed by atoms with van der Waals surface area (Å²) in [5.74, 6) is -0.194. The molecule has 2 rings (SSSR count). The van der Waals surface area contributed by atoms with Crippen molar-refractivity contribution in [3.8, 4) is 0 Å². The number of nitrogens with zero attached hydrogens (tertiary/aromatic N) is 1. The van der Waals surface area contributed by atoms with Crippen LogP contribution in [-0.4, -0.2) is 47.6 Å². The zero-order valence-electron chi connectivity index (χ0n) is 11.1. The van der Waals surface area contributed by atoms with Crippen LogP contribution in [-0.2, 0) is 9.59 Å². The van der Waals surface area contributed by atoms with Gasteiger partial charge in [-0.1, -0.05) is 0 Å². The van der Waals surface area contributed by atoms with Crippen molar-refractivity contribution in [3.05, 3.63) is 0 Å². The Morgan fingerprint density at radius 2 is 2.17 bits per heavy atom. The third kappa shape index (κ3) is 2.23. The SMILES string of the molecule is CNC(=O)C1(C(=O)N2CCCC2CC(C)O)CC1. The van der Waals surface area contributed by atoms with Crippen molar-refractivity contribution in [2.24, 2.45) is 5.41 Å². The van der Waals surface area contributed by atoms with E-state index >= 15 is 0 Å². The van der Waals surface area contributed by atoms with E-state index in [4.69, 9.17) is 0 Å². The van der Waals surface area contributed by atoms with Crippen LogP contribution in [0.15, 0.2) is 0 Å². The van der Waals surface area contributed by atoms with Crippen LogP contribution in [0.1, 0.15) is 39.0 Å². The van der Waals surface area contributed by atoms with Crippen molar-refractivity contribution >= 4 is 11.8 Å². The van der Waals surface area contributed by atoms with Gasteiger partial charge in [0, 0.05) is 19.6 Å². The Morgan fingerprint density at radius 3 is 2.67 bits per heavy atom. The van der Waals surface area contributed by atoms with E-state index in [0.717, 1.165) is 19.4 Å². The molecule has 5 heteroatoms. The van der Waals surface area contributed by atoms with E-state index < -0.39 is 11.5 Å². The van der Waals surface area contributed by atoms with Gasteiger partial charge in [-0.3, -0.25) is 9.59 Å². The fourth-order valence-electron chi connectivity index (χ4n) is 2.92. The molecule has 102 valence electrons. The summed E-state index contributed by atoms with van der Waals surface area (Å²) in [7, 11) is 1.58. The molecule has 1 saturated carbocycles. The number of aliphatic hydroxyl groups excluding tert-OH is 1. The summed E-state index contributed by atoms with van der Waals surface area (Å²) in [5.41, 5.74) is -0.796. The van der Waals surface area contributed by atoms with Gasteiger partial charge in [0.15, 0.2) is 0 Å². The third-order valence-electron chi connectivity index (χ3n) is 4.07. The zero-order valence-corrected chi connectivity index (χ0v) is 11.1. The Morgan fingerprint density at radius 1 is 1.50 bits per heavy atom. The fourth-order valence-corrected chi connectivity index (χ4v) is 2.92. The molecule has 0 aromatic heterocycles. The highest BCUT2D eigenvalue weighted by atomic mass is 16.3. The molecule has 0 aromatic carbocycles. The summed E-state index contributed by atoms with van der Waals surface area (Å²) < 4.78 is 0. The first-order chi connectivity index (χ1) is 8.51. The van der Waals surface area contributed by atoms with Crippen LogP contribution in [0.2, 0.25) is 0 Å². The Kier molecular flexibility index (Phi) is 3.61. The molecule has 1 aliphatic heterocycles. The molecule has 2 aliphatic rings. The van der Waals surface area contributed by atoms with Crippen molar-refractivity contribution in [1.82, 2.24) is 10.2 Å². The Labute approximate surface area is 108 Å². The minimum Gasteiger partial charge on any atom is -0.393 e.